The SMILES string of the molecule is Cc1cc2c(cn1)-c1cc(-c3cc(C(C)C)c4ccccc4c3)ncc1CC2. The molecule has 0 unspecified atom stereocenters. The molecule has 1 aliphatic rings. The molecule has 0 radical (unpaired) electrons. The molecule has 2 heteroatoms. The lowest BCUT2D eigenvalue weighted by molar-refractivity contribution is 0.876. The van der Waals surface area contributed by atoms with Gasteiger partial charge in [0.15, 0.2) is 0 Å². The Morgan fingerprint density at radius 1 is 0.821 bits per heavy atom. The van der Waals surface area contributed by atoms with Gasteiger partial charge in [-0.05, 0) is 83.0 Å². The van der Waals surface area contributed by atoms with Crippen molar-refractivity contribution in [3.05, 3.63) is 83.3 Å². The first-order valence-corrected chi connectivity index (χ1v) is 10.1. The van der Waals surface area contributed by atoms with Crippen LogP contribution in [0.15, 0.2) is 60.9 Å². The molecule has 0 bridgehead atoms. The van der Waals surface area contributed by atoms with E-state index in [1.807, 2.05) is 6.20 Å². The average Bonchev–Trinajstić information content (AvgIpc) is 2.72. The van der Waals surface area contributed by atoms with Crippen molar-refractivity contribution in [3.63, 3.8) is 0 Å². The molecule has 0 N–H and O–H groups in total. The Morgan fingerprint density at radius 3 is 2.50 bits per heavy atom. The number of rotatable bonds is 2. The first-order chi connectivity index (χ1) is 13.6. The molecule has 0 aliphatic heterocycles. The Labute approximate surface area is 166 Å². The van der Waals surface area contributed by atoms with E-state index in [1.54, 1.807) is 0 Å². The summed E-state index contributed by atoms with van der Waals surface area (Å²) in [6, 6.07) is 17.7. The van der Waals surface area contributed by atoms with Crippen molar-refractivity contribution < 1.29 is 0 Å². The number of aryl methyl sites for hydroxylation is 3. The Hall–Kier alpha value is -3.00. The van der Waals surface area contributed by atoms with Crippen molar-refractivity contribution in [2.45, 2.75) is 39.5 Å². The maximum absolute atomic E-state index is 4.84. The second-order valence-electron chi connectivity index (χ2n) is 8.15. The zero-order valence-electron chi connectivity index (χ0n) is 16.7. The van der Waals surface area contributed by atoms with Crippen LogP contribution in [0.2, 0.25) is 0 Å². The van der Waals surface area contributed by atoms with Gasteiger partial charge >= 0.3 is 0 Å². The summed E-state index contributed by atoms with van der Waals surface area (Å²) in [6.07, 6.45) is 6.22. The second-order valence-corrected chi connectivity index (χ2v) is 8.15. The monoisotopic (exact) mass is 364 g/mol. The van der Waals surface area contributed by atoms with Gasteiger partial charge in [0.1, 0.15) is 0 Å². The summed E-state index contributed by atoms with van der Waals surface area (Å²) < 4.78 is 0. The molecule has 1 aliphatic carbocycles. The highest BCUT2D eigenvalue weighted by molar-refractivity contribution is 5.91. The Kier molecular flexibility index (Phi) is 4.01. The lowest BCUT2D eigenvalue weighted by Crippen LogP contribution is -2.06. The zero-order valence-corrected chi connectivity index (χ0v) is 16.7. The molecule has 28 heavy (non-hydrogen) atoms. The zero-order chi connectivity index (χ0) is 19.3. The number of hydrogen-bond acceptors (Lipinski definition) is 2. The highest BCUT2D eigenvalue weighted by atomic mass is 14.7. The van der Waals surface area contributed by atoms with Gasteiger partial charge in [-0.25, -0.2) is 0 Å². The van der Waals surface area contributed by atoms with Crippen LogP contribution in [0.25, 0.3) is 33.2 Å². The van der Waals surface area contributed by atoms with Crippen LogP contribution in [-0.4, -0.2) is 9.97 Å². The fraction of sp³-hybridized carbons (Fsp3) is 0.231. The van der Waals surface area contributed by atoms with Gasteiger partial charge in [0.05, 0.1) is 5.69 Å². The predicted octanol–water partition coefficient (Wildman–Crippen LogP) is 6.49. The van der Waals surface area contributed by atoms with E-state index in [0.29, 0.717) is 5.92 Å². The fourth-order valence-corrected chi connectivity index (χ4v) is 4.39. The van der Waals surface area contributed by atoms with Crippen LogP contribution < -0.4 is 0 Å². The molecular formula is C26H24N2. The highest BCUT2D eigenvalue weighted by Crippen LogP contribution is 2.37. The summed E-state index contributed by atoms with van der Waals surface area (Å²) in [5.74, 6) is 0.468. The van der Waals surface area contributed by atoms with Gasteiger partial charge in [-0.15, -0.1) is 0 Å². The number of pyridine rings is 2. The lowest BCUT2D eigenvalue weighted by Gasteiger charge is -2.20. The minimum Gasteiger partial charge on any atom is -0.261 e. The van der Waals surface area contributed by atoms with E-state index in [4.69, 9.17) is 4.98 Å². The number of fused-ring (bicyclic) bond motifs is 4. The molecule has 0 atom stereocenters. The summed E-state index contributed by atoms with van der Waals surface area (Å²) in [7, 11) is 0. The van der Waals surface area contributed by atoms with Crippen LogP contribution in [-0.2, 0) is 12.8 Å². The smallest absolute Gasteiger partial charge is 0.0708 e. The van der Waals surface area contributed by atoms with Crippen molar-refractivity contribution in [1.29, 1.82) is 0 Å². The molecule has 0 fully saturated rings. The van der Waals surface area contributed by atoms with Gasteiger partial charge in [0.2, 0.25) is 0 Å². The van der Waals surface area contributed by atoms with Crippen LogP contribution in [0.4, 0.5) is 0 Å². The molecule has 2 nitrogen and oxygen atoms in total. The Morgan fingerprint density at radius 2 is 1.64 bits per heavy atom. The van der Waals surface area contributed by atoms with Crippen LogP contribution in [0, 0.1) is 6.92 Å². The van der Waals surface area contributed by atoms with E-state index in [2.05, 4.69) is 80.5 Å². The van der Waals surface area contributed by atoms with Gasteiger partial charge in [-0.3, -0.25) is 9.97 Å². The van der Waals surface area contributed by atoms with Crippen molar-refractivity contribution in [3.8, 4) is 22.4 Å². The molecule has 2 heterocycles. The predicted molar refractivity (Wildman–Crippen MR) is 117 cm³/mol. The molecule has 4 aromatic rings. The molecule has 138 valence electrons. The third kappa shape index (κ3) is 2.80. The summed E-state index contributed by atoms with van der Waals surface area (Å²) in [6.45, 7) is 6.59. The maximum atomic E-state index is 4.84. The standard InChI is InChI=1S/C26H24N2/c1-16(2)23-12-21(11-18-6-4-5-7-22(18)23)26-13-24-20(14-28-26)9-8-19-10-17(3)27-15-25(19)24/h4-7,10-16H,8-9H2,1-3H3. The molecule has 0 spiro atoms. The largest absolute Gasteiger partial charge is 0.261 e. The van der Waals surface area contributed by atoms with Gasteiger partial charge < -0.3 is 0 Å². The van der Waals surface area contributed by atoms with E-state index < -0.39 is 0 Å². The second kappa shape index (κ2) is 6.56. The minimum atomic E-state index is 0.468. The third-order valence-corrected chi connectivity index (χ3v) is 5.88. The van der Waals surface area contributed by atoms with Crippen molar-refractivity contribution in [1.82, 2.24) is 9.97 Å². The van der Waals surface area contributed by atoms with Crippen molar-refractivity contribution in [2.75, 3.05) is 0 Å². The summed E-state index contributed by atoms with van der Waals surface area (Å²) in [5.41, 5.74) is 9.99. The number of nitrogens with zero attached hydrogens (tertiary/aromatic N) is 2. The Balaban J connectivity index is 1.70. The molecule has 0 amide bonds. The molecular weight excluding hydrogens is 340 g/mol. The third-order valence-electron chi connectivity index (χ3n) is 5.88. The van der Waals surface area contributed by atoms with Crippen molar-refractivity contribution >= 4 is 10.8 Å². The van der Waals surface area contributed by atoms with E-state index in [0.717, 1.165) is 24.2 Å². The first-order valence-electron chi connectivity index (χ1n) is 10.1. The van der Waals surface area contributed by atoms with Crippen LogP contribution >= 0.6 is 0 Å². The summed E-state index contributed by atoms with van der Waals surface area (Å²) in [4.78, 5) is 9.39. The molecule has 2 aromatic heterocycles. The summed E-state index contributed by atoms with van der Waals surface area (Å²) >= 11 is 0. The van der Waals surface area contributed by atoms with Gasteiger partial charge in [-0.2, -0.15) is 0 Å². The normalized spacial score (nSPS) is 12.9. The fourth-order valence-electron chi connectivity index (χ4n) is 4.39. The molecule has 5 rings (SSSR count). The van der Waals surface area contributed by atoms with E-state index in [1.165, 1.54) is 44.2 Å². The van der Waals surface area contributed by atoms with Gasteiger partial charge in [-0.1, -0.05) is 38.1 Å². The maximum Gasteiger partial charge on any atom is 0.0708 e. The molecule has 2 aromatic carbocycles. The minimum absolute atomic E-state index is 0.468. The van der Waals surface area contributed by atoms with E-state index in [9.17, 15) is 0 Å². The van der Waals surface area contributed by atoms with Crippen LogP contribution in [0.1, 0.15) is 42.1 Å². The summed E-state index contributed by atoms with van der Waals surface area (Å²) in [5, 5.41) is 2.62. The number of benzene rings is 2. The van der Waals surface area contributed by atoms with Gasteiger partial charge in [0, 0.05) is 29.2 Å². The van der Waals surface area contributed by atoms with Gasteiger partial charge in [0.25, 0.3) is 0 Å². The highest BCUT2D eigenvalue weighted by Gasteiger charge is 2.18. The first kappa shape index (κ1) is 17.1. The van der Waals surface area contributed by atoms with Crippen LogP contribution in [0.3, 0.4) is 0 Å². The number of aromatic nitrogens is 2. The lowest BCUT2D eigenvalue weighted by atomic mass is 9.86. The average molecular weight is 364 g/mol. The van der Waals surface area contributed by atoms with Crippen molar-refractivity contribution in [2.24, 2.45) is 0 Å². The van der Waals surface area contributed by atoms with E-state index in [-0.39, 0.29) is 0 Å². The molecule has 0 saturated heterocycles. The molecule has 0 saturated carbocycles. The quantitative estimate of drug-likeness (QED) is 0.406. The van der Waals surface area contributed by atoms with E-state index >= 15 is 0 Å². The Bertz CT molecular complexity index is 1200. The van der Waals surface area contributed by atoms with Crippen LogP contribution in [0.5, 0.6) is 0 Å². The number of hydrogen-bond donors (Lipinski definition) is 0. The topological polar surface area (TPSA) is 25.8 Å².